The first-order chi connectivity index (χ1) is 16.1. The Balaban J connectivity index is 1.35. The van der Waals surface area contributed by atoms with E-state index in [1.165, 1.54) is 7.05 Å². The monoisotopic (exact) mass is 491 g/mol. The zero-order chi connectivity index (χ0) is 24.3. The summed E-state index contributed by atoms with van der Waals surface area (Å²) in [6.07, 6.45) is -0.281. The van der Waals surface area contributed by atoms with Crippen LogP contribution >= 0.6 is 0 Å². The highest BCUT2D eigenvalue weighted by Gasteiger charge is 2.59. The van der Waals surface area contributed by atoms with Gasteiger partial charge in [-0.1, -0.05) is 12.1 Å². The second-order valence-corrected chi connectivity index (χ2v) is 11.1. The number of carbonyl (C=O) groups excluding carboxylic acids is 1. The van der Waals surface area contributed by atoms with Crippen LogP contribution in [0.2, 0.25) is 0 Å². The topological polar surface area (TPSA) is 77.1 Å². The number of anilines is 2. The van der Waals surface area contributed by atoms with Crippen LogP contribution in [0.4, 0.5) is 20.2 Å². The van der Waals surface area contributed by atoms with Gasteiger partial charge in [-0.2, -0.15) is 8.42 Å². The summed E-state index contributed by atoms with van der Waals surface area (Å²) in [4.78, 5) is 20.4. The van der Waals surface area contributed by atoms with Crippen LogP contribution in [-0.2, 0) is 21.5 Å². The molecule has 2 aromatic rings. The fraction of sp³-hybridized carbons (Fsp3) is 0.478. The summed E-state index contributed by atoms with van der Waals surface area (Å²) in [7, 11) is -2.45. The van der Waals surface area contributed by atoms with Gasteiger partial charge in [-0.3, -0.25) is 23.3 Å². The molecule has 2 aliphatic heterocycles. The van der Waals surface area contributed by atoms with Gasteiger partial charge in [-0.15, -0.1) is 0 Å². The smallest absolute Gasteiger partial charge is 0.326 e. The third-order valence-electron chi connectivity index (χ3n) is 6.86. The van der Waals surface area contributed by atoms with Gasteiger partial charge in [-0.05, 0) is 24.3 Å². The van der Waals surface area contributed by atoms with E-state index in [1.54, 1.807) is 25.1 Å². The van der Waals surface area contributed by atoms with Crippen LogP contribution in [-0.4, -0.2) is 74.8 Å². The molecule has 1 aliphatic carbocycles. The Hall–Kier alpha value is -2.79. The maximum atomic E-state index is 13.5. The number of benzene rings is 1. The van der Waals surface area contributed by atoms with E-state index in [4.69, 9.17) is 4.98 Å². The molecule has 2 fully saturated rings. The Kier molecular flexibility index (Phi) is 5.51. The molecule has 34 heavy (non-hydrogen) atoms. The minimum atomic E-state index is -3.89. The van der Waals surface area contributed by atoms with Crippen molar-refractivity contribution in [2.24, 2.45) is 5.92 Å². The number of rotatable bonds is 5. The molecule has 3 heterocycles. The van der Waals surface area contributed by atoms with Crippen LogP contribution in [0.1, 0.15) is 19.0 Å². The molecule has 5 rings (SSSR count). The average Bonchev–Trinajstić information content (AvgIpc) is 3.37. The number of pyridine rings is 1. The first kappa shape index (κ1) is 23.0. The minimum Gasteiger partial charge on any atom is -0.340 e. The molecule has 1 atom stereocenters. The second kappa shape index (κ2) is 8.16. The number of nitrogens with zero attached hydrogens (tertiary/aromatic N) is 5. The van der Waals surface area contributed by atoms with Crippen molar-refractivity contribution in [1.29, 1.82) is 0 Å². The van der Waals surface area contributed by atoms with Crippen molar-refractivity contribution in [3.8, 4) is 11.3 Å². The van der Waals surface area contributed by atoms with Gasteiger partial charge < -0.3 is 4.90 Å². The molecule has 182 valence electrons. The Morgan fingerprint density at radius 2 is 1.82 bits per heavy atom. The summed E-state index contributed by atoms with van der Waals surface area (Å²) in [5, 5.41) is 0. The molecule has 0 radical (unpaired) electrons. The molecule has 1 amide bonds. The lowest BCUT2D eigenvalue weighted by molar-refractivity contribution is -0.130. The van der Waals surface area contributed by atoms with Gasteiger partial charge in [0.05, 0.1) is 22.8 Å². The van der Waals surface area contributed by atoms with Gasteiger partial charge in [0.1, 0.15) is 0 Å². The highest BCUT2D eigenvalue weighted by molar-refractivity contribution is 7.94. The molecule has 11 heteroatoms. The summed E-state index contributed by atoms with van der Waals surface area (Å²) < 4.78 is 54.9. The van der Waals surface area contributed by atoms with E-state index in [2.05, 4.69) is 4.90 Å². The van der Waals surface area contributed by atoms with Crippen LogP contribution in [0.15, 0.2) is 36.4 Å². The standard InChI is InChI=1S/C23H27F2N5O3S/c1-16(31)29-10-8-28(9-11-29)15-19-4-3-5-20(26-19)17-6-7-21-22(12-17)27(2)34(32,33)30(21)14-18-13-23(18,24)25/h3-7,12,18H,8-11,13-15H2,1-2H3. The van der Waals surface area contributed by atoms with Crippen LogP contribution in [0.5, 0.6) is 0 Å². The Morgan fingerprint density at radius 3 is 2.47 bits per heavy atom. The number of fused-ring (bicyclic) bond motifs is 1. The number of halogens is 2. The van der Waals surface area contributed by atoms with Crippen LogP contribution in [0, 0.1) is 5.92 Å². The predicted octanol–water partition coefficient (Wildman–Crippen LogP) is 2.57. The van der Waals surface area contributed by atoms with Gasteiger partial charge in [0, 0.05) is 71.1 Å². The number of piperazine rings is 1. The predicted molar refractivity (Wildman–Crippen MR) is 125 cm³/mol. The average molecular weight is 492 g/mol. The Labute approximate surface area is 197 Å². The van der Waals surface area contributed by atoms with E-state index in [9.17, 15) is 22.0 Å². The highest BCUT2D eigenvalue weighted by atomic mass is 32.2. The fourth-order valence-electron chi connectivity index (χ4n) is 4.58. The molecule has 0 N–H and O–H groups in total. The summed E-state index contributed by atoms with van der Waals surface area (Å²) in [5.74, 6) is -3.65. The Morgan fingerprint density at radius 1 is 1.12 bits per heavy atom. The number of hydrogen-bond donors (Lipinski definition) is 0. The minimum absolute atomic E-state index is 0.0905. The van der Waals surface area contributed by atoms with Crippen molar-refractivity contribution < 1.29 is 22.0 Å². The number of aromatic nitrogens is 1. The molecule has 1 saturated heterocycles. The number of amides is 1. The van der Waals surface area contributed by atoms with E-state index >= 15 is 0 Å². The molecular formula is C23H27F2N5O3S. The normalized spacial score (nSPS) is 23.2. The molecular weight excluding hydrogens is 464 g/mol. The quantitative estimate of drug-likeness (QED) is 0.643. The molecule has 1 saturated carbocycles. The van der Waals surface area contributed by atoms with Crippen molar-refractivity contribution in [2.45, 2.75) is 25.8 Å². The lowest BCUT2D eigenvalue weighted by Crippen LogP contribution is -2.47. The van der Waals surface area contributed by atoms with Gasteiger partial charge in [0.2, 0.25) is 5.91 Å². The van der Waals surface area contributed by atoms with Gasteiger partial charge in [0.25, 0.3) is 5.92 Å². The van der Waals surface area contributed by atoms with Gasteiger partial charge >= 0.3 is 10.2 Å². The van der Waals surface area contributed by atoms with E-state index in [0.29, 0.717) is 36.7 Å². The summed E-state index contributed by atoms with van der Waals surface area (Å²) in [5.41, 5.74) is 3.21. The van der Waals surface area contributed by atoms with Gasteiger partial charge in [0.15, 0.2) is 0 Å². The van der Waals surface area contributed by atoms with Crippen molar-refractivity contribution in [2.75, 3.05) is 48.4 Å². The molecule has 0 spiro atoms. The molecule has 0 bridgehead atoms. The number of alkyl halides is 2. The maximum absolute atomic E-state index is 13.5. The Bertz CT molecular complexity index is 1230. The molecule has 3 aliphatic rings. The third-order valence-corrected chi connectivity index (χ3v) is 8.65. The fourth-order valence-corrected chi connectivity index (χ4v) is 6.04. The lowest BCUT2D eigenvalue weighted by Gasteiger charge is -2.33. The van der Waals surface area contributed by atoms with Crippen molar-refractivity contribution in [3.63, 3.8) is 0 Å². The third kappa shape index (κ3) is 4.11. The SMILES string of the molecule is CC(=O)N1CCN(Cc2cccc(-c3ccc4c(c3)N(C)S(=O)(=O)N4CC3CC3(F)F)n2)CC1. The zero-order valence-corrected chi connectivity index (χ0v) is 19.9. The first-order valence-electron chi connectivity index (χ1n) is 11.3. The van der Waals surface area contributed by atoms with E-state index in [-0.39, 0.29) is 18.9 Å². The molecule has 1 unspecified atom stereocenters. The van der Waals surface area contributed by atoms with Crippen LogP contribution in [0.25, 0.3) is 11.3 Å². The number of hydrogen-bond acceptors (Lipinski definition) is 5. The summed E-state index contributed by atoms with van der Waals surface area (Å²) in [6.45, 7) is 4.97. The number of carbonyl (C=O) groups is 1. The molecule has 8 nitrogen and oxygen atoms in total. The second-order valence-electron chi connectivity index (χ2n) is 9.17. The van der Waals surface area contributed by atoms with Crippen molar-refractivity contribution >= 4 is 27.5 Å². The van der Waals surface area contributed by atoms with E-state index < -0.39 is 22.0 Å². The van der Waals surface area contributed by atoms with E-state index in [0.717, 1.165) is 33.0 Å². The molecule has 1 aromatic carbocycles. The summed E-state index contributed by atoms with van der Waals surface area (Å²) in [6, 6.07) is 10.9. The van der Waals surface area contributed by atoms with Gasteiger partial charge in [-0.25, -0.2) is 8.78 Å². The maximum Gasteiger partial charge on any atom is 0.326 e. The lowest BCUT2D eigenvalue weighted by atomic mass is 10.1. The summed E-state index contributed by atoms with van der Waals surface area (Å²) >= 11 is 0. The first-order valence-corrected chi connectivity index (χ1v) is 12.7. The van der Waals surface area contributed by atoms with Crippen molar-refractivity contribution in [3.05, 3.63) is 42.1 Å². The zero-order valence-electron chi connectivity index (χ0n) is 19.1. The largest absolute Gasteiger partial charge is 0.340 e. The van der Waals surface area contributed by atoms with E-state index in [1.807, 2.05) is 23.1 Å². The highest BCUT2D eigenvalue weighted by Crippen LogP contribution is 2.51. The molecule has 1 aromatic heterocycles. The van der Waals surface area contributed by atoms with Crippen molar-refractivity contribution in [1.82, 2.24) is 14.8 Å². The van der Waals surface area contributed by atoms with Crippen LogP contribution in [0.3, 0.4) is 0 Å². The van der Waals surface area contributed by atoms with Crippen LogP contribution < -0.4 is 8.61 Å².